The van der Waals surface area contributed by atoms with Gasteiger partial charge in [0.05, 0.1) is 5.25 Å². The van der Waals surface area contributed by atoms with Crippen LogP contribution in [0.1, 0.15) is 36.9 Å². The smallest absolute Gasteiger partial charge is 0.151 e. The maximum absolute atomic E-state index is 12.0. The molecule has 124 valence electrons. The van der Waals surface area contributed by atoms with Gasteiger partial charge in [-0.05, 0) is 57.8 Å². The highest BCUT2D eigenvalue weighted by Gasteiger charge is 2.28. The van der Waals surface area contributed by atoms with Crippen LogP contribution in [0.3, 0.4) is 0 Å². The van der Waals surface area contributed by atoms with Crippen molar-refractivity contribution in [2.45, 2.75) is 38.0 Å². The predicted molar refractivity (Wildman–Crippen MR) is 91.8 cm³/mol. The quantitative estimate of drug-likeness (QED) is 0.841. The van der Waals surface area contributed by atoms with Crippen LogP contribution in [0.5, 0.6) is 0 Å². The molecule has 1 heterocycles. The van der Waals surface area contributed by atoms with Gasteiger partial charge in [-0.25, -0.2) is 8.42 Å². The zero-order chi connectivity index (χ0) is 16.2. The van der Waals surface area contributed by atoms with E-state index in [1.807, 2.05) is 31.2 Å². The molecule has 1 fully saturated rings. The van der Waals surface area contributed by atoms with Gasteiger partial charge in [-0.3, -0.25) is 0 Å². The van der Waals surface area contributed by atoms with E-state index in [9.17, 15) is 8.42 Å². The molecule has 1 aromatic rings. The monoisotopic (exact) mass is 324 g/mol. The summed E-state index contributed by atoms with van der Waals surface area (Å²) in [4.78, 5) is 0. The Labute approximate surface area is 134 Å². The summed E-state index contributed by atoms with van der Waals surface area (Å²) in [5, 5.41) is 6.48. The summed E-state index contributed by atoms with van der Waals surface area (Å²) >= 11 is 0. The minimum atomic E-state index is -3.09. The van der Waals surface area contributed by atoms with Gasteiger partial charge in [0.1, 0.15) is 0 Å². The number of rotatable bonds is 6. The third-order valence-corrected chi connectivity index (χ3v) is 6.23. The van der Waals surface area contributed by atoms with Crippen LogP contribution in [0.15, 0.2) is 24.3 Å². The molecule has 3 unspecified atom stereocenters. The second-order valence-electron chi connectivity index (χ2n) is 6.54. The molecule has 0 spiro atoms. The van der Waals surface area contributed by atoms with Crippen molar-refractivity contribution in [2.24, 2.45) is 5.92 Å². The maximum atomic E-state index is 12.0. The number of aryl methyl sites for hydroxylation is 1. The molecule has 5 heteroatoms. The Bertz CT molecular complexity index is 563. The second-order valence-corrected chi connectivity index (χ2v) is 8.95. The van der Waals surface area contributed by atoms with Gasteiger partial charge in [0.15, 0.2) is 9.84 Å². The van der Waals surface area contributed by atoms with Crippen LogP contribution >= 0.6 is 0 Å². The van der Waals surface area contributed by atoms with Crippen molar-refractivity contribution in [3.63, 3.8) is 0 Å². The predicted octanol–water partition coefficient (Wildman–Crippen LogP) is 2.06. The first-order valence-electron chi connectivity index (χ1n) is 8.07. The summed E-state index contributed by atoms with van der Waals surface area (Å²) in [6.45, 7) is 6.80. The number of nitrogens with one attached hydrogen (secondary N) is 2. The Balaban J connectivity index is 2.12. The fraction of sp³-hybridized carbons (Fsp3) is 0.647. The van der Waals surface area contributed by atoms with Gasteiger partial charge in [0.25, 0.3) is 0 Å². The first-order valence-corrected chi connectivity index (χ1v) is 10.0. The average molecular weight is 324 g/mol. The van der Waals surface area contributed by atoms with E-state index in [1.165, 1.54) is 24.7 Å². The first kappa shape index (κ1) is 17.4. The van der Waals surface area contributed by atoms with Gasteiger partial charge >= 0.3 is 0 Å². The van der Waals surface area contributed by atoms with E-state index in [0.717, 1.165) is 25.2 Å². The van der Waals surface area contributed by atoms with Gasteiger partial charge in [0.2, 0.25) is 0 Å². The molecule has 1 aliphatic rings. The summed E-state index contributed by atoms with van der Waals surface area (Å²) in [6, 6.07) is 8.00. The standard InChI is InChI=1S/C17H28N2O2S/c1-13-6-8-16(9-7-13)17(14(2)22(3,20)21)19-12-15-5-4-10-18-11-15/h6-9,14-15,17-19H,4-5,10-12H2,1-3H3. The largest absolute Gasteiger partial charge is 0.316 e. The molecule has 0 amide bonds. The highest BCUT2D eigenvalue weighted by Crippen LogP contribution is 2.23. The minimum Gasteiger partial charge on any atom is -0.316 e. The summed E-state index contributed by atoms with van der Waals surface area (Å²) in [5.74, 6) is 0.577. The van der Waals surface area contributed by atoms with Crippen LogP contribution in [0, 0.1) is 12.8 Å². The van der Waals surface area contributed by atoms with E-state index < -0.39 is 15.1 Å². The highest BCUT2D eigenvalue weighted by atomic mass is 32.2. The van der Waals surface area contributed by atoms with E-state index in [0.29, 0.717) is 5.92 Å². The van der Waals surface area contributed by atoms with Crippen molar-refractivity contribution in [3.8, 4) is 0 Å². The summed E-state index contributed by atoms with van der Waals surface area (Å²) < 4.78 is 24.0. The van der Waals surface area contributed by atoms with Crippen LogP contribution in [-0.2, 0) is 9.84 Å². The molecule has 4 nitrogen and oxygen atoms in total. The zero-order valence-corrected chi connectivity index (χ0v) is 14.6. The van der Waals surface area contributed by atoms with Crippen molar-refractivity contribution in [1.29, 1.82) is 0 Å². The molecule has 0 bridgehead atoms. The Morgan fingerprint density at radius 1 is 1.32 bits per heavy atom. The topological polar surface area (TPSA) is 58.2 Å². The van der Waals surface area contributed by atoms with Crippen molar-refractivity contribution in [3.05, 3.63) is 35.4 Å². The van der Waals surface area contributed by atoms with E-state index in [4.69, 9.17) is 0 Å². The zero-order valence-electron chi connectivity index (χ0n) is 13.8. The van der Waals surface area contributed by atoms with Gasteiger partial charge < -0.3 is 10.6 Å². The number of piperidine rings is 1. The van der Waals surface area contributed by atoms with E-state index >= 15 is 0 Å². The summed E-state index contributed by atoms with van der Waals surface area (Å²) in [7, 11) is -3.09. The molecule has 1 aliphatic heterocycles. The number of hydrogen-bond acceptors (Lipinski definition) is 4. The molecule has 0 aliphatic carbocycles. The Hall–Kier alpha value is -0.910. The molecule has 0 radical (unpaired) electrons. The third kappa shape index (κ3) is 4.80. The number of benzene rings is 1. The average Bonchev–Trinajstić information content (AvgIpc) is 2.49. The van der Waals surface area contributed by atoms with Crippen LogP contribution in [0.25, 0.3) is 0 Å². The number of sulfone groups is 1. The fourth-order valence-electron chi connectivity index (χ4n) is 2.97. The SMILES string of the molecule is Cc1ccc(C(NCC2CCCNC2)C(C)S(C)(=O)=O)cc1. The van der Waals surface area contributed by atoms with Crippen LogP contribution in [-0.4, -0.2) is 39.6 Å². The van der Waals surface area contributed by atoms with Crippen molar-refractivity contribution >= 4 is 9.84 Å². The molecule has 22 heavy (non-hydrogen) atoms. The molecule has 1 saturated heterocycles. The van der Waals surface area contributed by atoms with Crippen LogP contribution < -0.4 is 10.6 Å². The van der Waals surface area contributed by atoms with Gasteiger partial charge in [-0.15, -0.1) is 0 Å². The van der Waals surface area contributed by atoms with E-state index in [1.54, 1.807) is 6.92 Å². The van der Waals surface area contributed by atoms with Gasteiger partial charge in [-0.1, -0.05) is 29.8 Å². The van der Waals surface area contributed by atoms with Gasteiger partial charge in [0, 0.05) is 12.3 Å². The van der Waals surface area contributed by atoms with Gasteiger partial charge in [-0.2, -0.15) is 0 Å². The Morgan fingerprint density at radius 3 is 2.55 bits per heavy atom. The van der Waals surface area contributed by atoms with E-state index in [-0.39, 0.29) is 6.04 Å². The second kappa shape index (κ2) is 7.57. The van der Waals surface area contributed by atoms with E-state index in [2.05, 4.69) is 10.6 Å². The number of hydrogen-bond donors (Lipinski definition) is 2. The lowest BCUT2D eigenvalue weighted by molar-refractivity contribution is 0.342. The van der Waals surface area contributed by atoms with Crippen molar-refractivity contribution in [2.75, 3.05) is 25.9 Å². The third-order valence-electron chi connectivity index (χ3n) is 4.61. The summed E-state index contributed by atoms with van der Waals surface area (Å²) in [5.41, 5.74) is 2.23. The van der Waals surface area contributed by atoms with Crippen LogP contribution in [0.4, 0.5) is 0 Å². The molecule has 0 saturated carbocycles. The first-order chi connectivity index (χ1) is 10.4. The molecule has 1 aromatic carbocycles. The van der Waals surface area contributed by atoms with Crippen molar-refractivity contribution in [1.82, 2.24) is 10.6 Å². The Morgan fingerprint density at radius 2 is 2.00 bits per heavy atom. The highest BCUT2D eigenvalue weighted by molar-refractivity contribution is 7.91. The molecule has 2 rings (SSSR count). The molecular formula is C17H28N2O2S. The fourth-order valence-corrected chi connectivity index (χ4v) is 3.72. The normalized spacial score (nSPS) is 22.2. The molecular weight excluding hydrogens is 296 g/mol. The molecule has 0 aromatic heterocycles. The van der Waals surface area contributed by atoms with Crippen molar-refractivity contribution < 1.29 is 8.42 Å². The lowest BCUT2D eigenvalue weighted by Crippen LogP contribution is -2.41. The lowest BCUT2D eigenvalue weighted by atomic mass is 9.97. The summed E-state index contributed by atoms with van der Waals surface area (Å²) in [6.07, 6.45) is 3.72. The Kier molecular flexibility index (Phi) is 6.01. The maximum Gasteiger partial charge on any atom is 0.151 e. The lowest BCUT2D eigenvalue weighted by Gasteiger charge is -2.29. The molecule has 2 N–H and O–H groups in total. The molecule has 3 atom stereocenters. The van der Waals surface area contributed by atoms with Crippen LogP contribution in [0.2, 0.25) is 0 Å². The minimum absolute atomic E-state index is 0.155.